The van der Waals surface area contributed by atoms with E-state index in [1.54, 1.807) is 43.5 Å². The number of imide groups is 2. The van der Waals surface area contributed by atoms with Crippen LogP contribution in [-0.2, 0) is 16.1 Å². The maximum Gasteiger partial charge on any atom is 0.331 e. The molecule has 0 unspecified atom stereocenters. The van der Waals surface area contributed by atoms with Crippen LogP contribution in [0.5, 0.6) is 5.75 Å². The van der Waals surface area contributed by atoms with Gasteiger partial charge in [0.25, 0.3) is 11.8 Å². The van der Waals surface area contributed by atoms with Gasteiger partial charge in [0.2, 0.25) is 0 Å². The second-order valence-electron chi connectivity index (χ2n) is 5.85. The van der Waals surface area contributed by atoms with Crippen LogP contribution in [0.1, 0.15) is 11.1 Å². The molecule has 0 spiro atoms. The highest BCUT2D eigenvalue weighted by molar-refractivity contribution is 6.28. The van der Waals surface area contributed by atoms with Crippen LogP contribution in [0.25, 0.3) is 6.08 Å². The van der Waals surface area contributed by atoms with Crippen molar-refractivity contribution in [3.05, 3.63) is 83.4 Å². The van der Waals surface area contributed by atoms with Crippen molar-refractivity contribution in [2.75, 3.05) is 7.11 Å². The first-order valence-electron chi connectivity index (χ1n) is 8.32. The summed E-state index contributed by atoms with van der Waals surface area (Å²) in [4.78, 5) is 37.8. The highest BCUT2D eigenvalue weighted by Gasteiger charge is 2.35. The van der Waals surface area contributed by atoms with Gasteiger partial charge in [0, 0.05) is 0 Å². The van der Waals surface area contributed by atoms with Gasteiger partial charge in [-0.1, -0.05) is 54.6 Å². The van der Waals surface area contributed by atoms with E-state index in [1.807, 2.05) is 30.3 Å². The lowest BCUT2D eigenvalue weighted by Crippen LogP contribution is -2.53. The van der Waals surface area contributed by atoms with Gasteiger partial charge in [-0.15, -0.1) is 0 Å². The van der Waals surface area contributed by atoms with E-state index in [9.17, 15) is 14.4 Å². The fourth-order valence-corrected chi connectivity index (χ4v) is 2.59. The lowest BCUT2D eigenvalue weighted by Gasteiger charge is -2.26. The zero-order chi connectivity index (χ0) is 19.2. The number of carbonyl (C=O) groups is 3. The molecule has 1 N–H and O–H groups in total. The number of urea groups is 1. The molecule has 27 heavy (non-hydrogen) atoms. The summed E-state index contributed by atoms with van der Waals surface area (Å²) in [6, 6.07) is 15.7. The average molecular weight is 362 g/mol. The van der Waals surface area contributed by atoms with E-state index in [0.29, 0.717) is 5.75 Å². The highest BCUT2D eigenvalue weighted by Crippen LogP contribution is 2.17. The predicted molar refractivity (Wildman–Crippen MR) is 101 cm³/mol. The summed E-state index contributed by atoms with van der Waals surface area (Å²) in [5.41, 5.74) is 1.59. The Morgan fingerprint density at radius 2 is 1.70 bits per heavy atom. The number of rotatable bonds is 5. The number of hydrogen-bond donors (Lipinski definition) is 1. The number of methoxy groups -OCH3 is 1. The van der Waals surface area contributed by atoms with E-state index >= 15 is 0 Å². The number of nitrogens with one attached hydrogen (secondary N) is 1. The van der Waals surface area contributed by atoms with Crippen molar-refractivity contribution in [1.82, 2.24) is 10.2 Å². The number of hydrogen-bond acceptors (Lipinski definition) is 4. The Kier molecular flexibility index (Phi) is 5.47. The molecule has 6 nitrogen and oxygen atoms in total. The van der Waals surface area contributed by atoms with Gasteiger partial charge in [-0.05, 0) is 29.3 Å². The van der Waals surface area contributed by atoms with Crippen molar-refractivity contribution in [3.63, 3.8) is 0 Å². The maximum absolute atomic E-state index is 12.6. The lowest BCUT2D eigenvalue weighted by molar-refractivity contribution is -0.130. The maximum atomic E-state index is 12.6. The molecule has 0 aliphatic carbocycles. The predicted octanol–water partition coefficient (Wildman–Crippen LogP) is 2.91. The quantitative estimate of drug-likeness (QED) is 0.655. The molecule has 0 bridgehead atoms. The van der Waals surface area contributed by atoms with Crippen molar-refractivity contribution in [3.8, 4) is 5.75 Å². The third kappa shape index (κ3) is 4.30. The molecular weight excluding hydrogens is 344 g/mol. The van der Waals surface area contributed by atoms with E-state index in [2.05, 4.69) is 5.32 Å². The van der Waals surface area contributed by atoms with Crippen LogP contribution in [0.4, 0.5) is 4.79 Å². The van der Waals surface area contributed by atoms with Crippen LogP contribution < -0.4 is 10.1 Å². The highest BCUT2D eigenvalue weighted by atomic mass is 16.5. The Morgan fingerprint density at radius 3 is 2.37 bits per heavy atom. The molecule has 3 rings (SSSR count). The molecule has 1 heterocycles. The number of benzene rings is 2. The van der Waals surface area contributed by atoms with E-state index in [4.69, 9.17) is 4.74 Å². The van der Waals surface area contributed by atoms with Gasteiger partial charge < -0.3 is 4.74 Å². The number of allylic oxidation sites excluding steroid dienone is 2. The Morgan fingerprint density at radius 1 is 1.00 bits per heavy atom. The molecule has 1 aliphatic heterocycles. The largest absolute Gasteiger partial charge is 0.497 e. The minimum atomic E-state index is -0.731. The molecule has 4 amide bonds. The third-order valence-corrected chi connectivity index (χ3v) is 4.04. The molecule has 2 aromatic carbocycles. The third-order valence-electron chi connectivity index (χ3n) is 4.04. The number of carbonyl (C=O) groups excluding carboxylic acids is 3. The molecule has 0 atom stereocenters. The number of barbiturate groups is 1. The summed E-state index contributed by atoms with van der Waals surface area (Å²) >= 11 is 0. The van der Waals surface area contributed by atoms with Crippen LogP contribution >= 0.6 is 0 Å². The standard InChI is InChI=1S/C21H18N2O4/c1-27-17-12-10-16(11-13-17)14-23-20(25)18(19(24)22-21(23)26)9-5-8-15-6-3-2-4-7-15/h2-13H,14H2,1H3,(H,22,24,26). The second-order valence-corrected chi connectivity index (χ2v) is 5.85. The summed E-state index contributed by atoms with van der Waals surface area (Å²) in [6.45, 7) is 0.0572. The number of nitrogens with zero attached hydrogens (tertiary/aromatic N) is 1. The molecule has 0 aromatic heterocycles. The van der Waals surface area contributed by atoms with Crippen molar-refractivity contribution in [1.29, 1.82) is 0 Å². The zero-order valence-electron chi connectivity index (χ0n) is 14.7. The van der Waals surface area contributed by atoms with Crippen molar-refractivity contribution in [2.45, 2.75) is 6.54 Å². The Bertz CT molecular complexity index is 915. The fourth-order valence-electron chi connectivity index (χ4n) is 2.59. The number of ether oxygens (including phenoxy) is 1. The van der Waals surface area contributed by atoms with Gasteiger partial charge in [-0.2, -0.15) is 0 Å². The monoisotopic (exact) mass is 362 g/mol. The first kappa shape index (κ1) is 18.1. The van der Waals surface area contributed by atoms with Gasteiger partial charge in [-0.3, -0.25) is 19.8 Å². The molecule has 0 radical (unpaired) electrons. The molecule has 1 aliphatic rings. The SMILES string of the molecule is COc1ccc(CN2C(=O)NC(=O)C(=CC=Cc3ccccc3)C2=O)cc1. The van der Waals surface area contributed by atoms with E-state index in [1.165, 1.54) is 6.08 Å². The normalized spacial score (nSPS) is 16.1. The molecular formula is C21H18N2O4. The first-order valence-corrected chi connectivity index (χ1v) is 8.32. The molecule has 136 valence electrons. The van der Waals surface area contributed by atoms with Gasteiger partial charge in [0.05, 0.1) is 13.7 Å². The summed E-state index contributed by atoms with van der Waals surface area (Å²) in [6.07, 6.45) is 4.80. The molecule has 1 fully saturated rings. The number of amides is 4. The Labute approximate surface area is 156 Å². The van der Waals surface area contributed by atoms with Gasteiger partial charge in [0.1, 0.15) is 11.3 Å². The second kappa shape index (κ2) is 8.14. The van der Waals surface area contributed by atoms with Crippen LogP contribution in [-0.4, -0.2) is 29.9 Å². The summed E-state index contributed by atoms with van der Waals surface area (Å²) < 4.78 is 5.09. The van der Waals surface area contributed by atoms with Crippen molar-refractivity contribution in [2.24, 2.45) is 0 Å². The van der Waals surface area contributed by atoms with E-state index in [0.717, 1.165) is 16.0 Å². The zero-order valence-corrected chi connectivity index (χ0v) is 14.7. The van der Waals surface area contributed by atoms with Gasteiger partial charge in [0.15, 0.2) is 0 Å². The Hall–Kier alpha value is -3.67. The van der Waals surface area contributed by atoms with Crippen LogP contribution in [0, 0.1) is 0 Å². The van der Waals surface area contributed by atoms with Crippen molar-refractivity contribution < 1.29 is 19.1 Å². The summed E-state index contributed by atoms with van der Waals surface area (Å²) in [7, 11) is 1.56. The molecule has 0 saturated carbocycles. The van der Waals surface area contributed by atoms with Crippen LogP contribution in [0.15, 0.2) is 72.3 Å². The van der Waals surface area contributed by atoms with Gasteiger partial charge >= 0.3 is 6.03 Å². The molecule has 6 heteroatoms. The summed E-state index contributed by atoms with van der Waals surface area (Å²) in [5, 5.41) is 2.20. The topological polar surface area (TPSA) is 75.7 Å². The summed E-state index contributed by atoms with van der Waals surface area (Å²) in [5.74, 6) is -0.652. The Balaban J connectivity index is 1.78. The fraction of sp³-hybridized carbons (Fsp3) is 0.0952. The van der Waals surface area contributed by atoms with Gasteiger partial charge in [-0.25, -0.2) is 4.79 Å². The molecule has 2 aromatic rings. The van der Waals surface area contributed by atoms with E-state index in [-0.39, 0.29) is 12.1 Å². The van der Waals surface area contributed by atoms with Crippen LogP contribution in [0.2, 0.25) is 0 Å². The van der Waals surface area contributed by atoms with E-state index < -0.39 is 17.8 Å². The minimum Gasteiger partial charge on any atom is -0.497 e. The molecule has 1 saturated heterocycles. The lowest BCUT2D eigenvalue weighted by atomic mass is 10.1. The minimum absolute atomic E-state index is 0.0572. The van der Waals surface area contributed by atoms with Crippen molar-refractivity contribution >= 4 is 23.9 Å². The first-order chi connectivity index (χ1) is 13.1. The average Bonchev–Trinajstić information content (AvgIpc) is 2.69. The van der Waals surface area contributed by atoms with Crippen LogP contribution in [0.3, 0.4) is 0 Å². The smallest absolute Gasteiger partial charge is 0.331 e.